The molecule has 2 aromatic rings. The van der Waals surface area contributed by atoms with Crippen molar-refractivity contribution in [2.24, 2.45) is 5.92 Å². The molecule has 31 heavy (non-hydrogen) atoms. The van der Waals surface area contributed by atoms with Gasteiger partial charge in [-0.1, -0.05) is 18.2 Å². The molecular weight excluding hydrogens is 412 g/mol. The number of thiazole rings is 1. The second kappa shape index (κ2) is 9.89. The first kappa shape index (κ1) is 21.9. The number of benzene rings is 1. The van der Waals surface area contributed by atoms with Gasteiger partial charge in [0, 0.05) is 56.8 Å². The Bertz CT molecular complexity index is 915. The molecule has 1 aromatic carbocycles. The van der Waals surface area contributed by atoms with E-state index in [2.05, 4.69) is 41.1 Å². The van der Waals surface area contributed by atoms with Gasteiger partial charge in [0.2, 0.25) is 5.91 Å². The number of carbonyl (C=O) groups is 2. The maximum atomic E-state index is 12.6. The number of likely N-dealkylation sites (N-methyl/N-ethyl adjacent to an activating group) is 1. The highest BCUT2D eigenvalue weighted by molar-refractivity contribution is 7.13. The number of amides is 1. The minimum absolute atomic E-state index is 0.0319. The summed E-state index contributed by atoms with van der Waals surface area (Å²) in [5.41, 5.74) is 3.17. The molecule has 0 saturated carbocycles. The van der Waals surface area contributed by atoms with E-state index < -0.39 is 5.97 Å². The van der Waals surface area contributed by atoms with Crippen LogP contribution in [0.25, 0.3) is 10.6 Å². The Morgan fingerprint density at radius 2 is 1.87 bits per heavy atom. The highest BCUT2D eigenvalue weighted by Crippen LogP contribution is 2.26. The summed E-state index contributed by atoms with van der Waals surface area (Å²) in [6, 6.07) is 8.54. The molecule has 2 aliphatic heterocycles. The number of rotatable bonds is 6. The Kier molecular flexibility index (Phi) is 6.99. The number of nitrogens with zero attached hydrogens (tertiary/aromatic N) is 4. The number of hydrogen-bond donors (Lipinski definition) is 1. The number of aromatic nitrogens is 1. The molecule has 0 radical (unpaired) electrons. The lowest BCUT2D eigenvalue weighted by Crippen LogP contribution is -2.43. The van der Waals surface area contributed by atoms with Crippen LogP contribution in [0.5, 0.6) is 0 Å². The highest BCUT2D eigenvalue weighted by atomic mass is 32.1. The van der Waals surface area contributed by atoms with Gasteiger partial charge in [0.05, 0.1) is 18.0 Å². The molecule has 0 bridgehead atoms. The van der Waals surface area contributed by atoms with Crippen LogP contribution in [0.2, 0.25) is 0 Å². The molecule has 8 heteroatoms. The van der Waals surface area contributed by atoms with Crippen molar-refractivity contribution < 1.29 is 14.7 Å². The van der Waals surface area contributed by atoms with Crippen LogP contribution in [-0.2, 0) is 22.6 Å². The van der Waals surface area contributed by atoms with Gasteiger partial charge in [-0.15, -0.1) is 11.3 Å². The molecule has 7 nitrogen and oxygen atoms in total. The zero-order chi connectivity index (χ0) is 21.8. The molecule has 2 saturated heterocycles. The number of carboxylic acid groups (broad SMARTS) is 1. The van der Waals surface area contributed by atoms with Gasteiger partial charge in [-0.25, -0.2) is 4.98 Å². The third-order valence-electron chi connectivity index (χ3n) is 6.26. The Labute approximate surface area is 187 Å². The Hall–Kier alpha value is -2.29. The predicted octanol–water partition coefficient (Wildman–Crippen LogP) is 2.42. The van der Waals surface area contributed by atoms with Crippen LogP contribution in [0, 0.1) is 5.92 Å². The lowest BCUT2D eigenvalue weighted by atomic mass is 9.97. The SMILES string of the molecule is CN1CCN(Cc2cccc(-c3nc(CC(=O)N4CCC(C(=O)O)CC4)cs3)c2)CC1. The van der Waals surface area contributed by atoms with E-state index in [1.165, 1.54) is 5.56 Å². The van der Waals surface area contributed by atoms with Crippen molar-refractivity contribution in [3.63, 3.8) is 0 Å². The van der Waals surface area contributed by atoms with E-state index >= 15 is 0 Å². The van der Waals surface area contributed by atoms with Gasteiger partial charge in [0.1, 0.15) is 5.01 Å². The number of carbonyl (C=O) groups excluding carboxylic acids is 1. The summed E-state index contributed by atoms with van der Waals surface area (Å²) < 4.78 is 0. The lowest BCUT2D eigenvalue weighted by Gasteiger charge is -2.32. The number of likely N-dealkylation sites (tertiary alicyclic amines) is 1. The molecule has 3 heterocycles. The van der Waals surface area contributed by atoms with E-state index in [9.17, 15) is 9.59 Å². The van der Waals surface area contributed by atoms with Crippen LogP contribution in [0.1, 0.15) is 24.1 Å². The number of piperidine rings is 1. The molecule has 2 fully saturated rings. The largest absolute Gasteiger partial charge is 0.481 e. The van der Waals surface area contributed by atoms with Crippen LogP contribution < -0.4 is 0 Å². The number of hydrogen-bond acceptors (Lipinski definition) is 6. The summed E-state index contributed by atoms with van der Waals surface area (Å²) in [6.45, 7) is 6.38. The highest BCUT2D eigenvalue weighted by Gasteiger charge is 2.27. The van der Waals surface area contributed by atoms with Crippen LogP contribution >= 0.6 is 11.3 Å². The summed E-state index contributed by atoms with van der Waals surface area (Å²) in [6.07, 6.45) is 1.34. The van der Waals surface area contributed by atoms with Crippen LogP contribution in [-0.4, -0.2) is 83.0 Å². The van der Waals surface area contributed by atoms with Crippen LogP contribution in [0.15, 0.2) is 29.6 Å². The smallest absolute Gasteiger partial charge is 0.306 e. The van der Waals surface area contributed by atoms with Crippen molar-refractivity contribution in [2.75, 3.05) is 46.3 Å². The topological polar surface area (TPSA) is 77.0 Å². The molecule has 0 unspecified atom stereocenters. The van der Waals surface area contributed by atoms with Crippen LogP contribution in [0.3, 0.4) is 0 Å². The van der Waals surface area contributed by atoms with Crippen molar-refractivity contribution in [3.8, 4) is 10.6 Å². The van der Waals surface area contributed by atoms with Gasteiger partial charge in [-0.05, 0) is 31.5 Å². The number of aliphatic carboxylic acids is 1. The van der Waals surface area contributed by atoms with E-state index in [1.54, 1.807) is 16.2 Å². The van der Waals surface area contributed by atoms with Crippen molar-refractivity contribution in [1.82, 2.24) is 19.7 Å². The normalized spacial score (nSPS) is 18.9. The van der Waals surface area contributed by atoms with Crippen molar-refractivity contribution in [3.05, 3.63) is 40.9 Å². The third kappa shape index (κ3) is 5.70. The molecule has 0 spiro atoms. The number of piperazine rings is 1. The number of carboxylic acids is 1. The van der Waals surface area contributed by atoms with E-state index in [-0.39, 0.29) is 18.2 Å². The van der Waals surface area contributed by atoms with Gasteiger partial charge >= 0.3 is 5.97 Å². The van der Waals surface area contributed by atoms with Crippen molar-refractivity contribution in [1.29, 1.82) is 0 Å². The van der Waals surface area contributed by atoms with Gasteiger partial charge < -0.3 is 14.9 Å². The average Bonchev–Trinajstić information content (AvgIpc) is 3.24. The predicted molar refractivity (Wildman–Crippen MR) is 121 cm³/mol. The molecule has 4 rings (SSSR count). The molecule has 1 aromatic heterocycles. The summed E-state index contributed by atoms with van der Waals surface area (Å²) >= 11 is 1.57. The summed E-state index contributed by atoms with van der Waals surface area (Å²) in [7, 11) is 2.17. The molecule has 0 aliphatic carbocycles. The average molecular weight is 443 g/mol. The lowest BCUT2D eigenvalue weighted by molar-refractivity contribution is -0.145. The fraction of sp³-hybridized carbons (Fsp3) is 0.522. The zero-order valence-electron chi connectivity index (χ0n) is 18.0. The van der Waals surface area contributed by atoms with E-state index in [4.69, 9.17) is 10.1 Å². The monoisotopic (exact) mass is 442 g/mol. The Morgan fingerprint density at radius 1 is 1.13 bits per heavy atom. The van der Waals surface area contributed by atoms with Gasteiger partial charge in [0.25, 0.3) is 0 Å². The van der Waals surface area contributed by atoms with E-state index in [1.807, 2.05) is 5.38 Å². The maximum Gasteiger partial charge on any atom is 0.306 e. The minimum Gasteiger partial charge on any atom is -0.481 e. The minimum atomic E-state index is -0.758. The first-order valence-corrected chi connectivity index (χ1v) is 11.8. The maximum absolute atomic E-state index is 12.6. The van der Waals surface area contributed by atoms with Crippen molar-refractivity contribution >= 4 is 23.2 Å². The standard InChI is InChI=1S/C23H30N4O3S/c1-25-9-11-26(12-10-25)15-17-3-2-4-19(13-17)22-24-20(16-31-22)14-21(28)27-7-5-18(6-8-27)23(29)30/h2-4,13,16,18H,5-12,14-15H2,1H3,(H,29,30). The fourth-order valence-corrected chi connectivity index (χ4v) is 5.05. The molecule has 1 amide bonds. The van der Waals surface area contributed by atoms with E-state index in [0.717, 1.165) is 49.0 Å². The summed E-state index contributed by atoms with van der Waals surface area (Å²) in [4.78, 5) is 35.0. The Morgan fingerprint density at radius 3 is 2.58 bits per heavy atom. The van der Waals surface area contributed by atoms with Crippen molar-refractivity contribution in [2.45, 2.75) is 25.8 Å². The molecule has 2 aliphatic rings. The molecule has 166 valence electrons. The van der Waals surface area contributed by atoms with E-state index in [0.29, 0.717) is 25.9 Å². The first-order chi connectivity index (χ1) is 15.0. The second-order valence-electron chi connectivity index (χ2n) is 8.59. The zero-order valence-corrected chi connectivity index (χ0v) is 18.8. The summed E-state index contributed by atoms with van der Waals surface area (Å²) in [5.74, 6) is -1.05. The Balaban J connectivity index is 1.34. The molecular formula is C23H30N4O3S. The van der Waals surface area contributed by atoms with Gasteiger partial charge in [-0.3, -0.25) is 14.5 Å². The fourth-order valence-electron chi connectivity index (χ4n) is 4.23. The van der Waals surface area contributed by atoms with Gasteiger partial charge in [-0.2, -0.15) is 0 Å². The van der Waals surface area contributed by atoms with Gasteiger partial charge in [0.15, 0.2) is 0 Å². The van der Waals surface area contributed by atoms with Crippen LogP contribution in [0.4, 0.5) is 0 Å². The molecule has 0 atom stereocenters. The second-order valence-corrected chi connectivity index (χ2v) is 9.45. The summed E-state index contributed by atoms with van der Waals surface area (Å²) in [5, 5.41) is 12.0. The quantitative estimate of drug-likeness (QED) is 0.741. The third-order valence-corrected chi connectivity index (χ3v) is 7.20. The first-order valence-electron chi connectivity index (χ1n) is 10.9. The molecule has 1 N–H and O–H groups in total.